The Bertz CT molecular complexity index is 878. The molecule has 0 atom stereocenters. The number of aromatic hydroxyl groups is 1. The van der Waals surface area contributed by atoms with Gasteiger partial charge in [0.05, 0.1) is 10.0 Å². The maximum Gasteiger partial charge on any atom is 0.281 e. The number of rotatable bonds is 3. The molecule has 0 aliphatic carbocycles. The summed E-state index contributed by atoms with van der Waals surface area (Å²) < 4.78 is 1.05. The number of aromatic nitrogens is 1. The monoisotopic (exact) mass is 350 g/mol. The van der Waals surface area contributed by atoms with Gasteiger partial charge in [-0.1, -0.05) is 29.3 Å². The van der Waals surface area contributed by atoms with Gasteiger partial charge in [-0.15, -0.1) is 10.2 Å². The van der Waals surface area contributed by atoms with E-state index in [-0.39, 0.29) is 45.0 Å². The van der Waals surface area contributed by atoms with Crippen LogP contribution in [-0.4, -0.2) is 9.67 Å². The van der Waals surface area contributed by atoms with Gasteiger partial charge in [0.1, 0.15) is 17.3 Å². The molecular formula is C15H12Cl2N4O2. The van der Waals surface area contributed by atoms with Gasteiger partial charge >= 0.3 is 0 Å². The highest BCUT2D eigenvalue weighted by atomic mass is 35.5. The van der Waals surface area contributed by atoms with Crippen molar-refractivity contribution in [1.82, 2.24) is 4.57 Å². The molecule has 0 radical (unpaired) electrons. The molecule has 23 heavy (non-hydrogen) atoms. The molecule has 1 heterocycles. The molecule has 118 valence electrons. The Morgan fingerprint density at radius 1 is 1.26 bits per heavy atom. The molecule has 0 bridgehead atoms. The summed E-state index contributed by atoms with van der Waals surface area (Å²) in [6, 6.07) is 6.71. The van der Waals surface area contributed by atoms with Crippen LogP contribution in [0.3, 0.4) is 0 Å². The highest BCUT2D eigenvalue weighted by molar-refractivity contribution is 6.38. The fraction of sp³-hybridized carbons (Fsp3) is 0.200. The van der Waals surface area contributed by atoms with Crippen LogP contribution in [0.4, 0.5) is 11.4 Å². The second-order valence-corrected chi connectivity index (χ2v) is 5.42. The van der Waals surface area contributed by atoms with Crippen molar-refractivity contribution in [3.8, 4) is 11.9 Å². The summed E-state index contributed by atoms with van der Waals surface area (Å²) in [6.07, 6.45) is 0. The van der Waals surface area contributed by atoms with Crippen LogP contribution in [0.1, 0.15) is 18.1 Å². The first-order valence-electron chi connectivity index (χ1n) is 6.64. The van der Waals surface area contributed by atoms with Crippen molar-refractivity contribution >= 4 is 34.6 Å². The van der Waals surface area contributed by atoms with E-state index in [2.05, 4.69) is 10.2 Å². The molecule has 0 amide bonds. The van der Waals surface area contributed by atoms with Crippen LogP contribution in [0.5, 0.6) is 5.88 Å². The molecule has 6 nitrogen and oxygen atoms in total. The van der Waals surface area contributed by atoms with E-state index in [1.54, 1.807) is 25.1 Å². The maximum atomic E-state index is 12.4. The summed E-state index contributed by atoms with van der Waals surface area (Å²) in [5.41, 5.74) is -0.146. The number of hydrogen-bond donors (Lipinski definition) is 1. The normalized spacial score (nSPS) is 10.9. The summed E-state index contributed by atoms with van der Waals surface area (Å²) >= 11 is 12.0. The predicted octanol–water partition coefficient (Wildman–Crippen LogP) is 4.48. The lowest BCUT2D eigenvalue weighted by Crippen LogP contribution is -2.20. The SMILES string of the molecule is CCn1c(O)c(C#N)c(C)c(N=Nc2c(Cl)cccc2Cl)c1=O. The summed E-state index contributed by atoms with van der Waals surface area (Å²) in [7, 11) is 0. The molecule has 0 unspecified atom stereocenters. The predicted molar refractivity (Wildman–Crippen MR) is 88.1 cm³/mol. The van der Waals surface area contributed by atoms with Crippen molar-refractivity contribution in [2.45, 2.75) is 20.4 Å². The van der Waals surface area contributed by atoms with Gasteiger partial charge in [0.2, 0.25) is 5.88 Å². The molecule has 0 fully saturated rings. The summed E-state index contributed by atoms with van der Waals surface area (Å²) in [6.45, 7) is 3.38. The number of halogens is 2. The van der Waals surface area contributed by atoms with E-state index in [1.807, 2.05) is 6.07 Å². The van der Waals surface area contributed by atoms with Crippen LogP contribution in [0, 0.1) is 18.3 Å². The van der Waals surface area contributed by atoms with Gasteiger partial charge in [0.25, 0.3) is 5.56 Å². The van der Waals surface area contributed by atoms with E-state index >= 15 is 0 Å². The van der Waals surface area contributed by atoms with Crippen LogP contribution in [0.25, 0.3) is 0 Å². The average molecular weight is 351 g/mol. The molecule has 1 aromatic carbocycles. The van der Waals surface area contributed by atoms with Crippen molar-refractivity contribution in [1.29, 1.82) is 5.26 Å². The fourth-order valence-electron chi connectivity index (χ4n) is 2.04. The minimum absolute atomic E-state index is 0.0225. The number of nitriles is 1. The van der Waals surface area contributed by atoms with Crippen molar-refractivity contribution in [3.63, 3.8) is 0 Å². The van der Waals surface area contributed by atoms with Gasteiger partial charge in [0.15, 0.2) is 5.69 Å². The Morgan fingerprint density at radius 2 is 1.83 bits per heavy atom. The third-order valence-corrected chi connectivity index (χ3v) is 3.88. The Balaban J connectivity index is 2.68. The zero-order chi connectivity index (χ0) is 17.1. The molecule has 0 saturated heterocycles. The van der Waals surface area contributed by atoms with Crippen LogP contribution < -0.4 is 5.56 Å². The van der Waals surface area contributed by atoms with E-state index in [0.717, 1.165) is 4.57 Å². The smallest absolute Gasteiger partial charge is 0.281 e. The maximum absolute atomic E-state index is 12.4. The summed E-state index contributed by atoms with van der Waals surface area (Å²) in [4.78, 5) is 12.4. The number of pyridine rings is 1. The van der Waals surface area contributed by atoms with Crippen LogP contribution in [0.2, 0.25) is 10.0 Å². The minimum Gasteiger partial charge on any atom is -0.493 e. The Labute approximate surface area is 142 Å². The number of azo groups is 1. The Hall–Kier alpha value is -2.36. The van der Waals surface area contributed by atoms with Crippen molar-refractivity contribution < 1.29 is 5.11 Å². The van der Waals surface area contributed by atoms with Gasteiger partial charge in [-0.05, 0) is 26.0 Å². The molecule has 1 N–H and O–H groups in total. The molecule has 1 aromatic heterocycles. The quantitative estimate of drug-likeness (QED) is 0.827. The van der Waals surface area contributed by atoms with E-state index < -0.39 is 5.56 Å². The lowest BCUT2D eigenvalue weighted by molar-refractivity contribution is 0.409. The van der Waals surface area contributed by atoms with Crippen LogP contribution >= 0.6 is 23.2 Å². The zero-order valence-corrected chi connectivity index (χ0v) is 13.9. The number of benzene rings is 1. The van der Waals surface area contributed by atoms with Crippen molar-refractivity contribution in [3.05, 3.63) is 49.7 Å². The molecule has 0 saturated carbocycles. The molecule has 0 spiro atoms. The molecule has 2 rings (SSSR count). The lowest BCUT2D eigenvalue weighted by Gasteiger charge is -2.10. The Kier molecular flexibility index (Phi) is 5.04. The standard InChI is InChI=1S/C15H12Cl2N4O2/c1-3-21-14(22)9(7-18)8(2)12(15(21)23)19-20-13-10(16)5-4-6-11(13)17/h4-6,22H,3H2,1-2H3. The summed E-state index contributed by atoms with van der Waals surface area (Å²) in [5, 5.41) is 27.6. The highest BCUT2D eigenvalue weighted by Gasteiger charge is 2.18. The third kappa shape index (κ3) is 3.07. The minimum atomic E-state index is -0.548. The van der Waals surface area contributed by atoms with Gasteiger partial charge in [-0.25, -0.2) is 0 Å². The first kappa shape index (κ1) is 17.0. The largest absolute Gasteiger partial charge is 0.493 e. The molecule has 2 aromatic rings. The zero-order valence-electron chi connectivity index (χ0n) is 12.3. The molecule has 0 aliphatic heterocycles. The average Bonchev–Trinajstić information content (AvgIpc) is 2.50. The fourth-order valence-corrected chi connectivity index (χ4v) is 2.51. The molecule has 0 aliphatic rings. The number of nitrogens with zero attached hydrogens (tertiary/aromatic N) is 4. The van der Waals surface area contributed by atoms with Gasteiger partial charge in [-0.2, -0.15) is 5.26 Å². The topological polar surface area (TPSA) is 90.7 Å². The van der Waals surface area contributed by atoms with Crippen LogP contribution in [-0.2, 0) is 6.54 Å². The molecular weight excluding hydrogens is 339 g/mol. The summed E-state index contributed by atoms with van der Waals surface area (Å²) in [5.74, 6) is -0.382. The van der Waals surface area contributed by atoms with E-state index in [9.17, 15) is 9.90 Å². The second kappa shape index (κ2) is 6.82. The number of hydrogen-bond acceptors (Lipinski definition) is 5. The van der Waals surface area contributed by atoms with Gasteiger partial charge in [-0.3, -0.25) is 9.36 Å². The van der Waals surface area contributed by atoms with Gasteiger partial charge in [0, 0.05) is 12.1 Å². The highest BCUT2D eigenvalue weighted by Crippen LogP contribution is 2.34. The Morgan fingerprint density at radius 3 is 2.35 bits per heavy atom. The second-order valence-electron chi connectivity index (χ2n) is 4.60. The van der Waals surface area contributed by atoms with Crippen LogP contribution in [0.15, 0.2) is 33.2 Å². The van der Waals surface area contributed by atoms with Crippen molar-refractivity contribution in [2.24, 2.45) is 10.2 Å². The van der Waals surface area contributed by atoms with E-state index in [4.69, 9.17) is 28.5 Å². The van der Waals surface area contributed by atoms with Crippen molar-refractivity contribution in [2.75, 3.05) is 0 Å². The lowest BCUT2D eigenvalue weighted by atomic mass is 10.1. The first-order valence-corrected chi connectivity index (χ1v) is 7.40. The first-order chi connectivity index (χ1) is 10.9. The van der Waals surface area contributed by atoms with E-state index in [1.165, 1.54) is 6.92 Å². The van der Waals surface area contributed by atoms with Gasteiger partial charge < -0.3 is 5.11 Å². The third-order valence-electron chi connectivity index (χ3n) is 3.27. The molecule has 8 heteroatoms. The van der Waals surface area contributed by atoms with E-state index in [0.29, 0.717) is 0 Å².